The minimum atomic E-state index is -3.27. The molecule has 0 radical (unpaired) electrons. The van der Waals surface area contributed by atoms with Gasteiger partial charge in [-0.2, -0.15) is 0 Å². The zero-order chi connectivity index (χ0) is 20.6. The van der Waals surface area contributed by atoms with Crippen LogP contribution in [-0.2, 0) is 33.5 Å². The summed E-state index contributed by atoms with van der Waals surface area (Å²) < 4.78 is 25.5. The summed E-state index contributed by atoms with van der Waals surface area (Å²) in [5.74, 6) is 0.218. The second-order valence-corrected chi connectivity index (χ2v) is 10.1. The van der Waals surface area contributed by atoms with Crippen LogP contribution in [0.15, 0.2) is 48.5 Å². The van der Waals surface area contributed by atoms with Gasteiger partial charge in [-0.25, -0.2) is 13.4 Å². The molecule has 6 nitrogen and oxygen atoms in total. The largest absolute Gasteiger partial charge is 0.334 e. The number of para-hydroxylation sites is 2. The maximum absolute atomic E-state index is 13.3. The van der Waals surface area contributed by atoms with E-state index in [1.165, 1.54) is 11.8 Å². The molecule has 1 aliphatic carbocycles. The summed E-state index contributed by atoms with van der Waals surface area (Å²) in [4.78, 5) is 19.7. The molecule has 0 saturated heterocycles. The van der Waals surface area contributed by atoms with Gasteiger partial charge in [0.2, 0.25) is 5.91 Å². The molecule has 4 rings (SSSR count). The van der Waals surface area contributed by atoms with E-state index in [1.54, 1.807) is 4.57 Å². The van der Waals surface area contributed by atoms with Crippen LogP contribution in [-0.4, -0.2) is 41.1 Å². The van der Waals surface area contributed by atoms with Crippen LogP contribution in [0.2, 0.25) is 0 Å². The van der Waals surface area contributed by atoms with Gasteiger partial charge in [-0.3, -0.25) is 4.79 Å². The van der Waals surface area contributed by atoms with Crippen LogP contribution >= 0.6 is 0 Å². The van der Waals surface area contributed by atoms with Crippen molar-refractivity contribution >= 4 is 26.8 Å². The van der Waals surface area contributed by atoms with E-state index in [-0.39, 0.29) is 24.2 Å². The maximum Gasteiger partial charge on any atom is 0.243 e. The SMILES string of the molecule is Cc1ccc(CN(C(=O)Cn2c(CS(C)(=O)=O)nc3ccccc32)C2CC2)cc1. The third-order valence-electron chi connectivity index (χ3n) is 5.20. The number of imidazole rings is 1. The molecular formula is C22H25N3O3S. The molecule has 29 heavy (non-hydrogen) atoms. The fourth-order valence-electron chi connectivity index (χ4n) is 3.57. The van der Waals surface area contributed by atoms with Crippen LogP contribution in [0.5, 0.6) is 0 Å². The Kier molecular flexibility index (Phi) is 5.17. The Bertz CT molecular complexity index is 1150. The molecule has 1 fully saturated rings. The number of benzene rings is 2. The van der Waals surface area contributed by atoms with Gasteiger partial charge < -0.3 is 9.47 Å². The topological polar surface area (TPSA) is 72.3 Å². The highest BCUT2D eigenvalue weighted by Gasteiger charge is 2.33. The third-order valence-corrected chi connectivity index (χ3v) is 5.98. The molecule has 1 heterocycles. The van der Waals surface area contributed by atoms with E-state index in [2.05, 4.69) is 29.2 Å². The lowest BCUT2D eigenvalue weighted by Gasteiger charge is -2.23. The number of carbonyl (C=O) groups excluding carboxylic acids is 1. The highest BCUT2D eigenvalue weighted by atomic mass is 32.2. The second kappa shape index (κ2) is 7.63. The molecule has 1 saturated carbocycles. The summed E-state index contributed by atoms with van der Waals surface area (Å²) >= 11 is 0. The fraction of sp³-hybridized carbons (Fsp3) is 0.364. The van der Waals surface area contributed by atoms with Gasteiger partial charge in [-0.05, 0) is 37.5 Å². The second-order valence-electron chi connectivity index (χ2n) is 7.91. The molecule has 7 heteroatoms. The number of hydrogen-bond acceptors (Lipinski definition) is 4. The van der Waals surface area contributed by atoms with Crippen LogP contribution in [0, 0.1) is 6.92 Å². The lowest BCUT2D eigenvalue weighted by molar-refractivity contribution is -0.133. The average molecular weight is 412 g/mol. The normalized spacial score (nSPS) is 14.3. The predicted octanol–water partition coefficient (Wildman–Crippen LogP) is 3.08. The number of aromatic nitrogens is 2. The first-order chi connectivity index (χ1) is 13.8. The third kappa shape index (κ3) is 4.67. The average Bonchev–Trinajstić information content (AvgIpc) is 3.44. The van der Waals surface area contributed by atoms with E-state index in [9.17, 15) is 13.2 Å². The summed E-state index contributed by atoms with van der Waals surface area (Å²) in [6, 6.07) is 15.9. The molecule has 0 unspecified atom stereocenters. The van der Waals surface area contributed by atoms with Gasteiger partial charge in [-0.1, -0.05) is 42.0 Å². The van der Waals surface area contributed by atoms with E-state index in [0.717, 1.165) is 23.9 Å². The molecule has 0 N–H and O–H groups in total. The highest BCUT2D eigenvalue weighted by Crippen LogP contribution is 2.29. The first-order valence-corrected chi connectivity index (χ1v) is 11.8. The van der Waals surface area contributed by atoms with Crippen molar-refractivity contribution < 1.29 is 13.2 Å². The van der Waals surface area contributed by atoms with E-state index in [0.29, 0.717) is 17.9 Å². The first kappa shape index (κ1) is 19.6. The molecular weight excluding hydrogens is 386 g/mol. The number of hydrogen-bond donors (Lipinski definition) is 0. The molecule has 1 aliphatic rings. The molecule has 0 bridgehead atoms. The lowest BCUT2D eigenvalue weighted by Crippen LogP contribution is -2.35. The van der Waals surface area contributed by atoms with Crippen LogP contribution in [0.4, 0.5) is 0 Å². The fourth-order valence-corrected chi connectivity index (χ4v) is 4.26. The number of aryl methyl sites for hydroxylation is 1. The predicted molar refractivity (Wildman–Crippen MR) is 113 cm³/mol. The summed E-state index contributed by atoms with van der Waals surface area (Å²) in [7, 11) is -3.27. The minimum Gasteiger partial charge on any atom is -0.334 e. The van der Waals surface area contributed by atoms with Crippen molar-refractivity contribution in [2.24, 2.45) is 0 Å². The zero-order valence-electron chi connectivity index (χ0n) is 16.7. The molecule has 1 amide bonds. The first-order valence-electron chi connectivity index (χ1n) is 9.77. The van der Waals surface area contributed by atoms with E-state index in [1.807, 2.05) is 36.1 Å². The van der Waals surface area contributed by atoms with Crippen molar-refractivity contribution in [1.29, 1.82) is 0 Å². The van der Waals surface area contributed by atoms with Crippen molar-refractivity contribution in [3.05, 3.63) is 65.5 Å². The van der Waals surface area contributed by atoms with Gasteiger partial charge in [-0.15, -0.1) is 0 Å². The number of carbonyl (C=O) groups is 1. The van der Waals surface area contributed by atoms with Crippen molar-refractivity contribution in [3.8, 4) is 0 Å². The molecule has 0 aliphatic heterocycles. The van der Waals surface area contributed by atoms with E-state index in [4.69, 9.17) is 0 Å². The number of amides is 1. The van der Waals surface area contributed by atoms with Crippen LogP contribution < -0.4 is 0 Å². The Hall–Kier alpha value is -2.67. The lowest BCUT2D eigenvalue weighted by atomic mass is 10.1. The van der Waals surface area contributed by atoms with Crippen molar-refractivity contribution in [1.82, 2.24) is 14.5 Å². The Morgan fingerprint density at radius 3 is 2.48 bits per heavy atom. The molecule has 152 valence electrons. The summed E-state index contributed by atoms with van der Waals surface area (Å²) in [5.41, 5.74) is 3.78. The van der Waals surface area contributed by atoms with Crippen LogP contribution in [0.1, 0.15) is 29.8 Å². The smallest absolute Gasteiger partial charge is 0.243 e. The summed E-state index contributed by atoms with van der Waals surface area (Å²) in [5, 5.41) is 0. The molecule has 0 atom stereocenters. The summed E-state index contributed by atoms with van der Waals surface area (Å²) in [6.45, 7) is 2.70. The number of fused-ring (bicyclic) bond motifs is 1. The molecule has 1 aromatic heterocycles. The Morgan fingerprint density at radius 2 is 1.83 bits per heavy atom. The standard InChI is InChI=1S/C22H25N3O3S/c1-16-7-9-17(10-8-16)13-24(18-11-12-18)22(26)14-25-20-6-4-3-5-19(20)23-21(25)15-29(2,27)28/h3-10,18H,11-15H2,1-2H3. The minimum absolute atomic E-state index is 0.00835. The van der Waals surface area contributed by atoms with Crippen molar-refractivity contribution in [2.75, 3.05) is 6.26 Å². The van der Waals surface area contributed by atoms with E-state index >= 15 is 0 Å². The summed E-state index contributed by atoms with van der Waals surface area (Å²) in [6.07, 6.45) is 3.21. The van der Waals surface area contributed by atoms with Gasteiger partial charge in [0.1, 0.15) is 18.1 Å². The van der Waals surface area contributed by atoms with Gasteiger partial charge in [0, 0.05) is 18.8 Å². The maximum atomic E-state index is 13.3. The molecule has 3 aromatic rings. The number of nitrogens with zero attached hydrogens (tertiary/aromatic N) is 3. The van der Waals surface area contributed by atoms with Crippen molar-refractivity contribution in [2.45, 2.75) is 44.6 Å². The molecule has 0 spiro atoms. The quantitative estimate of drug-likeness (QED) is 0.599. The Morgan fingerprint density at radius 1 is 1.14 bits per heavy atom. The van der Waals surface area contributed by atoms with Crippen LogP contribution in [0.3, 0.4) is 0 Å². The Labute approximate surface area is 171 Å². The zero-order valence-corrected chi connectivity index (χ0v) is 17.5. The van der Waals surface area contributed by atoms with E-state index < -0.39 is 9.84 Å². The van der Waals surface area contributed by atoms with Crippen LogP contribution in [0.25, 0.3) is 11.0 Å². The monoisotopic (exact) mass is 411 g/mol. The molecule has 2 aromatic carbocycles. The number of rotatable bonds is 7. The van der Waals surface area contributed by atoms with Gasteiger partial charge in [0.05, 0.1) is 11.0 Å². The van der Waals surface area contributed by atoms with Gasteiger partial charge in [0.15, 0.2) is 9.84 Å². The van der Waals surface area contributed by atoms with Gasteiger partial charge >= 0.3 is 0 Å². The highest BCUT2D eigenvalue weighted by molar-refractivity contribution is 7.89. The van der Waals surface area contributed by atoms with Gasteiger partial charge in [0.25, 0.3) is 0 Å². The Balaban J connectivity index is 1.63. The number of sulfone groups is 1. The van der Waals surface area contributed by atoms with Crippen molar-refractivity contribution in [3.63, 3.8) is 0 Å².